The molecule has 0 fully saturated rings. The maximum atomic E-state index is 12.7. The predicted molar refractivity (Wildman–Crippen MR) is 52.5 cm³/mol. The molecule has 1 aromatic carbocycles. The quantitative estimate of drug-likeness (QED) is 0.643. The maximum Gasteiger partial charge on any atom is 0.159 e. The normalized spacial score (nSPS) is 8.21. The third-order valence-corrected chi connectivity index (χ3v) is 1.49. The zero-order valence-corrected chi connectivity index (χ0v) is 8.47. The predicted octanol–water partition coefficient (Wildman–Crippen LogP) is 2.93. The van der Waals surface area contributed by atoms with Crippen molar-refractivity contribution in [2.24, 2.45) is 0 Å². The monoisotopic (exact) mass is 193 g/mol. The highest BCUT2D eigenvalue weighted by molar-refractivity contribution is 5.94. The van der Waals surface area contributed by atoms with Gasteiger partial charge in [0, 0.05) is 5.56 Å². The minimum Gasteiger partial charge on any atom is -0.295 e. The SMILES string of the molecule is CC.CC(=O)c1ccc(F)c(C#N)c1. The van der Waals surface area contributed by atoms with Gasteiger partial charge in [0.05, 0.1) is 5.56 Å². The average molecular weight is 193 g/mol. The Labute approximate surface area is 83.0 Å². The standard InChI is InChI=1S/C9H6FNO.C2H6/c1-6(12)7-2-3-9(10)8(4-7)5-11;1-2/h2-4H,1H3;1-2H3. The van der Waals surface area contributed by atoms with Crippen LogP contribution in [0.15, 0.2) is 18.2 Å². The van der Waals surface area contributed by atoms with Gasteiger partial charge in [-0.1, -0.05) is 13.8 Å². The molecule has 0 amide bonds. The fourth-order valence-corrected chi connectivity index (χ4v) is 0.830. The van der Waals surface area contributed by atoms with Crippen molar-refractivity contribution < 1.29 is 9.18 Å². The van der Waals surface area contributed by atoms with Crippen molar-refractivity contribution >= 4 is 5.78 Å². The first-order valence-electron chi connectivity index (χ1n) is 4.35. The second kappa shape index (κ2) is 5.87. The van der Waals surface area contributed by atoms with E-state index in [1.54, 1.807) is 6.07 Å². The highest BCUT2D eigenvalue weighted by atomic mass is 19.1. The van der Waals surface area contributed by atoms with Crippen molar-refractivity contribution in [2.75, 3.05) is 0 Å². The van der Waals surface area contributed by atoms with Crippen molar-refractivity contribution in [3.05, 3.63) is 35.1 Å². The lowest BCUT2D eigenvalue weighted by molar-refractivity contribution is 0.101. The van der Waals surface area contributed by atoms with Crippen LogP contribution in [-0.4, -0.2) is 5.78 Å². The number of rotatable bonds is 1. The molecule has 0 unspecified atom stereocenters. The molecule has 0 aliphatic heterocycles. The van der Waals surface area contributed by atoms with E-state index in [1.165, 1.54) is 19.1 Å². The molecule has 0 atom stereocenters. The Bertz CT molecular complexity index is 366. The van der Waals surface area contributed by atoms with E-state index in [2.05, 4.69) is 0 Å². The number of Topliss-reactive ketones (excluding diaryl/α,β-unsaturated/α-hetero) is 1. The van der Waals surface area contributed by atoms with Gasteiger partial charge in [-0.3, -0.25) is 4.79 Å². The molecule has 0 saturated carbocycles. The van der Waals surface area contributed by atoms with Gasteiger partial charge in [0.2, 0.25) is 0 Å². The molecule has 0 bridgehead atoms. The summed E-state index contributed by atoms with van der Waals surface area (Å²) in [6.07, 6.45) is 0. The third kappa shape index (κ3) is 2.98. The number of carbonyl (C=O) groups excluding carboxylic acids is 1. The molecule has 0 radical (unpaired) electrons. The number of hydrogen-bond donors (Lipinski definition) is 0. The lowest BCUT2D eigenvalue weighted by Gasteiger charge is -1.96. The molecule has 14 heavy (non-hydrogen) atoms. The molecule has 0 aliphatic carbocycles. The van der Waals surface area contributed by atoms with Crippen LogP contribution in [0, 0.1) is 17.1 Å². The Kier molecular flexibility index (Phi) is 5.16. The molecule has 2 nitrogen and oxygen atoms in total. The van der Waals surface area contributed by atoms with Crippen LogP contribution >= 0.6 is 0 Å². The number of carbonyl (C=O) groups is 1. The molecule has 0 saturated heterocycles. The van der Waals surface area contributed by atoms with Crippen LogP contribution in [0.4, 0.5) is 4.39 Å². The lowest BCUT2D eigenvalue weighted by Crippen LogP contribution is -1.94. The van der Waals surface area contributed by atoms with Gasteiger partial charge in [0.15, 0.2) is 5.78 Å². The fourth-order valence-electron chi connectivity index (χ4n) is 0.830. The number of hydrogen-bond acceptors (Lipinski definition) is 2. The van der Waals surface area contributed by atoms with Gasteiger partial charge in [-0.05, 0) is 25.1 Å². The second-order valence-electron chi connectivity index (χ2n) is 2.36. The van der Waals surface area contributed by atoms with Crippen LogP contribution in [0.1, 0.15) is 36.7 Å². The fraction of sp³-hybridized carbons (Fsp3) is 0.273. The van der Waals surface area contributed by atoms with Crippen LogP contribution < -0.4 is 0 Å². The van der Waals surface area contributed by atoms with E-state index in [0.717, 1.165) is 6.07 Å². The third-order valence-electron chi connectivity index (χ3n) is 1.49. The highest BCUT2D eigenvalue weighted by Crippen LogP contribution is 2.09. The molecule has 0 N–H and O–H groups in total. The molecule has 0 spiro atoms. The number of nitrogens with zero attached hydrogens (tertiary/aromatic N) is 1. The van der Waals surface area contributed by atoms with Gasteiger partial charge in [-0.2, -0.15) is 5.26 Å². The van der Waals surface area contributed by atoms with Crippen LogP contribution in [0.3, 0.4) is 0 Å². The van der Waals surface area contributed by atoms with Gasteiger partial charge in [-0.15, -0.1) is 0 Å². The van der Waals surface area contributed by atoms with Crippen molar-refractivity contribution in [3.8, 4) is 6.07 Å². The molecular formula is C11H12FNO. The minimum atomic E-state index is -0.595. The number of nitriles is 1. The molecule has 0 aromatic heterocycles. The summed E-state index contributed by atoms with van der Waals surface area (Å²) in [7, 11) is 0. The van der Waals surface area contributed by atoms with E-state index in [4.69, 9.17) is 5.26 Å². The van der Waals surface area contributed by atoms with Crippen LogP contribution in [0.2, 0.25) is 0 Å². The first kappa shape index (κ1) is 12.3. The Morgan fingerprint density at radius 1 is 1.43 bits per heavy atom. The highest BCUT2D eigenvalue weighted by Gasteiger charge is 2.04. The Hall–Kier alpha value is -1.69. The van der Waals surface area contributed by atoms with E-state index < -0.39 is 5.82 Å². The van der Waals surface area contributed by atoms with E-state index in [-0.39, 0.29) is 11.3 Å². The summed E-state index contributed by atoms with van der Waals surface area (Å²) in [6, 6.07) is 5.39. The maximum absolute atomic E-state index is 12.7. The van der Waals surface area contributed by atoms with Crippen LogP contribution in [-0.2, 0) is 0 Å². The summed E-state index contributed by atoms with van der Waals surface area (Å²) in [5.41, 5.74) is 0.260. The van der Waals surface area contributed by atoms with Crippen molar-refractivity contribution in [1.29, 1.82) is 5.26 Å². The van der Waals surface area contributed by atoms with Crippen molar-refractivity contribution in [1.82, 2.24) is 0 Å². The second-order valence-corrected chi connectivity index (χ2v) is 2.36. The smallest absolute Gasteiger partial charge is 0.159 e. The summed E-state index contributed by atoms with van der Waals surface area (Å²) >= 11 is 0. The van der Waals surface area contributed by atoms with E-state index in [0.29, 0.717) is 5.56 Å². The summed E-state index contributed by atoms with van der Waals surface area (Å²) < 4.78 is 12.7. The van der Waals surface area contributed by atoms with Crippen molar-refractivity contribution in [2.45, 2.75) is 20.8 Å². The van der Waals surface area contributed by atoms with Gasteiger partial charge in [0.25, 0.3) is 0 Å². The average Bonchev–Trinajstić information content (AvgIpc) is 2.21. The van der Waals surface area contributed by atoms with Crippen molar-refractivity contribution in [3.63, 3.8) is 0 Å². The van der Waals surface area contributed by atoms with E-state index >= 15 is 0 Å². The Morgan fingerprint density at radius 2 is 2.00 bits per heavy atom. The van der Waals surface area contributed by atoms with Gasteiger partial charge >= 0.3 is 0 Å². The van der Waals surface area contributed by atoms with Gasteiger partial charge in [0.1, 0.15) is 11.9 Å². The van der Waals surface area contributed by atoms with E-state index in [9.17, 15) is 9.18 Å². The zero-order chi connectivity index (χ0) is 11.1. The summed E-state index contributed by atoms with van der Waals surface area (Å²) in [5, 5.41) is 8.42. The summed E-state index contributed by atoms with van der Waals surface area (Å²) in [6.45, 7) is 5.37. The Morgan fingerprint density at radius 3 is 2.43 bits per heavy atom. The number of ketones is 1. The molecule has 1 rings (SSSR count). The first-order valence-corrected chi connectivity index (χ1v) is 4.35. The van der Waals surface area contributed by atoms with Crippen LogP contribution in [0.5, 0.6) is 0 Å². The molecular weight excluding hydrogens is 181 g/mol. The molecule has 0 aliphatic rings. The van der Waals surface area contributed by atoms with Gasteiger partial charge in [-0.25, -0.2) is 4.39 Å². The molecule has 0 heterocycles. The molecule has 3 heteroatoms. The molecule has 1 aromatic rings. The van der Waals surface area contributed by atoms with Crippen LogP contribution in [0.25, 0.3) is 0 Å². The first-order chi connectivity index (χ1) is 6.65. The Balaban J connectivity index is 0.000000791. The van der Waals surface area contributed by atoms with Gasteiger partial charge < -0.3 is 0 Å². The largest absolute Gasteiger partial charge is 0.295 e. The minimum absolute atomic E-state index is 0.0947. The summed E-state index contributed by atoms with van der Waals surface area (Å²) in [5.74, 6) is -0.769. The van der Waals surface area contributed by atoms with E-state index in [1.807, 2.05) is 13.8 Å². The summed E-state index contributed by atoms with van der Waals surface area (Å²) in [4.78, 5) is 10.8. The molecule has 74 valence electrons. The lowest BCUT2D eigenvalue weighted by atomic mass is 10.1. The number of halogens is 1. The zero-order valence-electron chi connectivity index (χ0n) is 8.47. The topological polar surface area (TPSA) is 40.9 Å². The number of benzene rings is 1.